The van der Waals surface area contributed by atoms with Gasteiger partial charge >= 0.3 is 5.97 Å². The number of carbonyl (C=O) groups excluding carboxylic acids is 1. The van der Waals surface area contributed by atoms with E-state index in [9.17, 15) is 14.4 Å². The van der Waals surface area contributed by atoms with Crippen molar-refractivity contribution in [2.24, 2.45) is 5.73 Å². The van der Waals surface area contributed by atoms with Gasteiger partial charge in [0.25, 0.3) is 0 Å². The van der Waals surface area contributed by atoms with Crippen LogP contribution in [0.4, 0.5) is 4.39 Å². The zero-order valence-corrected chi connectivity index (χ0v) is 22.2. The maximum atomic E-state index is 14.1. The van der Waals surface area contributed by atoms with Gasteiger partial charge in [-0.05, 0) is 48.0 Å². The highest BCUT2D eigenvalue weighted by atomic mass is 19.1. The number of nitrogens with zero attached hydrogens (tertiary/aromatic N) is 1. The Morgan fingerprint density at radius 2 is 1.78 bits per heavy atom. The van der Waals surface area contributed by atoms with E-state index in [0.717, 1.165) is 0 Å². The Morgan fingerprint density at radius 1 is 0.951 bits per heavy atom. The van der Waals surface area contributed by atoms with Gasteiger partial charge in [0, 0.05) is 17.2 Å². The first kappa shape index (κ1) is 27.1. The van der Waals surface area contributed by atoms with Crippen LogP contribution in [0.2, 0.25) is 0 Å². The second kappa shape index (κ2) is 11.7. The van der Waals surface area contributed by atoms with Gasteiger partial charge in [0.2, 0.25) is 5.88 Å². The van der Waals surface area contributed by atoms with Crippen molar-refractivity contribution in [2.45, 2.75) is 12.5 Å². The number of allylic oxidation sites excluding steroid dienone is 1. The summed E-state index contributed by atoms with van der Waals surface area (Å²) in [5, 5.41) is 9.94. The van der Waals surface area contributed by atoms with E-state index >= 15 is 0 Å². The standard InChI is InChI=1S/C32H25FN2O6/c1-37-22-8-5-7-20(14-22)32(36)40-23-11-12-24-28(16-23)41-31(35)25(17-34)30(24)19-10-13-27(29(15-19)38-2)39-18-21-6-3-4-9-26(21)33/h3-16,30H,18,35H2,1-2H3. The molecule has 0 spiro atoms. The van der Waals surface area contributed by atoms with Gasteiger partial charge < -0.3 is 29.4 Å². The average molecular weight is 553 g/mol. The molecular weight excluding hydrogens is 527 g/mol. The molecule has 1 heterocycles. The molecule has 5 rings (SSSR count). The number of rotatable bonds is 8. The molecule has 206 valence electrons. The van der Waals surface area contributed by atoms with Gasteiger partial charge in [0.1, 0.15) is 41.3 Å². The summed E-state index contributed by atoms with van der Waals surface area (Å²) >= 11 is 0. The van der Waals surface area contributed by atoms with E-state index in [1.807, 2.05) is 0 Å². The molecule has 0 aromatic heterocycles. The fourth-order valence-electron chi connectivity index (χ4n) is 4.51. The first-order valence-electron chi connectivity index (χ1n) is 12.5. The molecular formula is C32H25FN2O6. The number of nitriles is 1. The average Bonchev–Trinajstić information content (AvgIpc) is 2.99. The predicted molar refractivity (Wildman–Crippen MR) is 147 cm³/mol. The summed E-state index contributed by atoms with van der Waals surface area (Å²) in [7, 11) is 3.00. The van der Waals surface area contributed by atoms with Gasteiger partial charge in [-0.3, -0.25) is 0 Å². The lowest BCUT2D eigenvalue weighted by molar-refractivity contribution is 0.0734. The van der Waals surface area contributed by atoms with Gasteiger partial charge in [0.15, 0.2) is 11.5 Å². The maximum Gasteiger partial charge on any atom is 0.343 e. The fraction of sp³-hybridized carbons (Fsp3) is 0.125. The predicted octanol–water partition coefficient (Wildman–Crippen LogP) is 5.86. The summed E-state index contributed by atoms with van der Waals surface area (Å²) in [6.45, 7) is 0.00996. The Bertz CT molecular complexity index is 1690. The van der Waals surface area contributed by atoms with Crippen LogP contribution in [0, 0.1) is 17.1 Å². The topological polar surface area (TPSA) is 113 Å². The van der Waals surface area contributed by atoms with Crippen molar-refractivity contribution >= 4 is 5.97 Å². The normalized spacial score (nSPS) is 13.9. The Kier molecular flexibility index (Phi) is 7.74. The number of benzene rings is 4. The summed E-state index contributed by atoms with van der Waals surface area (Å²) in [6.07, 6.45) is 0. The van der Waals surface area contributed by atoms with Crippen molar-refractivity contribution in [1.29, 1.82) is 5.26 Å². The fourth-order valence-corrected chi connectivity index (χ4v) is 4.51. The summed E-state index contributed by atoms with van der Waals surface area (Å²) < 4.78 is 41.9. The first-order valence-corrected chi connectivity index (χ1v) is 12.5. The van der Waals surface area contributed by atoms with Gasteiger partial charge in [-0.15, -0.1) is 0 Å². The molecule has 0 bridgehead atoms. The van der Waals surface area contributed by atoms with E-state index in [1.165, 1.54) is 20.3 Å². The third-order valence-electron chi connectivity index (χ3n) is 6.57. The van der Waals surface area contributed by atoms with E-state index in [-0.39, 0.29) is 29.6 Å². The number of carbonyl (C=O) groups is 1. The minimum atomic E-state index is -0.596. The molecule has 1 aliphatic heterocycles. The Labute approximate surface area is 235 Å². The number of halogens is 1. The van der Waals surface area contributed by atoms with Crippen molar-refractivity contribution in [3.05, 3.63) is 124 Å². The van der Waals surface area contributed by atoms with Crippen LogP contribution in [0.1, 0.15) is 33.0 Å². The molecule has 0 radical (unpaired) electrons. The van der Waals surface area contributed by atoms with Gasteiger partial charge in [-0.25, -0.2) is 9.18 Å². The summed E-state index contributed by atoms with van der Waals surface area (Å²) in [5.74, 6) is 0.286. The van der Waals surface area contributed by atoms with Gasteiger partial charge in [-0.2, -0.15) is 5.26 Å². The van der Waals surface area contributed by atoms with E-state index in [0.29, 0.717) is 45.3 Å². The third kappa shape index (κ3) is 5.63. The first-order chi connectivity index (χ1) is 19.9. The van der Waals surface area contributed by atoms with Crippen LogP contribution >= 0.6 is 0 Å². The summed E-state index contributed by atoms with van der Waals surface area (Å²) in [4.78, 5) is 12.7. The van der Waals surface area contributed by atoms with Crippen LogP contribution in [0.15, 0.2) is 96.4 Å². The SMILES string of the molecule is COc1cccc(C(=O)Oc2ccc3c(c2)OC(N)=C(C#N)C3c2ccc(OCc3ccccc3F)c(OC)c2)c1. The van der Waals surface area contributed by atoms with Crippen LogP contribution in [0.3, 0.4) is 0 Å². The van der Waals surface area contributed by atoms with Gasteiger partial charge in [-0.1, -0.05) is 36.4 Å². The molecule has 0 aliphatic carbocycles. The molecule has 2 N–H and O–H groups in total. The van der Waals surface area contributed by atoms with E-state index in [2.05, 4.69) is 6.07 Å². The molecule has 8 nitrogen and oxygen atoms in total. The zero-order chi connectivity index (χ0) is 28.9. The molecule has 1 atom stereocenters. The molecule has 0 saturated carbocycles. The summed E-state index contributed by atoms with van der Waals surface area (Å²) in [6, 6.07) is 25.2. The quantitative estimate of drug-likeness (QED) is 0.214. The molecule has 0 saturated heterocycles. The van der Waals surface area contributed by atoms with Crippen LogP contribution in [0.5, 0.6) is 28.7 Å². The minimum Gasteiger partial charge on any atom is -0.497 e. The van der Waals surface area contributed by atoms with Crippen molar-refractivity contribution in [3.8, 4) is 34.8 Å². The highest BCUT2D eigenvalue weighted by Gasteiger charge is 2.32. The number of nitrogens with two attached hydrogens (primary N) is 1. The molecule has 4 aromatic rings. The number of esters is 1. The Balaban J connectivity index is 1.43. The van der Waals surface area contributed by atoms with Crippen LogP contribution in [0.25, 0.3) is 0 Å². The number of methoxy groups -OCH3 is 2. The van der Waals surface area contributed by atoms with Crippen molar-refractivity contribution < 1.29 is 32.9 Å². The van der Waals surface area contributed by atoms with Gasteiger partial charge in [0.05, 0.1) is 25.7 Å². The lowest BCUT2D eigenvalue weighted by atomic mass is 9.83. The minimum absolute atomic E-state index is 0.00996. The largest absolute Gasteiger partial charge is 0.497 e. The number of hydrogen-bond acceptors (Lipinski definition) is 8. The molecule has 0 fully saturated rings. The molecule has 1 aliphatic rings. The second-order valence-corrected chi connectivity index (χ2v) is 9.04. The van der Waals surface area contributed by atoms with Crippen molar-refractivity contribution in [2.75, 3.05) is 14.2 Å². The lowest BCUT2D eigenvalue weighted by Crippen LogP contribution is -2.21. The highest BCUT2D eigenvalue weighted by Crippen LogP contribution is 2.45. The van der Waals surface area contributed by atoms with Crippen molar-refractivity contribution in [3.63, 3.8) is 0 Å². The molecule has 1 unspecified atom stereocenters. The van der Waals surface area contributed by atoms with Crippen LogP contribution < -0.4 is 29.4 Å². The molecule has 9 heteroatoms. The maximum absolute atomic E-state index is 14.1. The number of hydrogen-bond donors (Lipinski definition) is 1. The van der Waals surface area contributed by atoms with E-state index in [4.69, 9.17) is 29.4 Å². The third-order valence-corrected chi connectivity index (χ3v) is 6.57. The summed E-state index contributed by atoms with van der Waals surface area (Å²) in [5.41, 5.74) is 8.41. The van der Waals surface area contributed by atoms with E-state index in [1.54, 1.807) is 78.9 Å². The van der Waals surface area contributed by atoms with Crippen molar-refractivity contribution in [1.82, 2.24) is 0 Å². The number of fused-ring (bicyclic) bond motifs is 1. The van der Waals surface area contributed by atoms with E-state index < -0.39 is 11.9 Å². The number of ether oxygens (including phenoxy) is 5. The molecule has 4 aromatic carbocycles. The van der Waals surface area contributed by atoms with Crippen LogP contribution in [-0.4, -0.2) is 20.2 Å². The molecule has 41 heavy (non-hydrogen) atoms. The monoisotopic (exact) mass is 552 g/mol. The zero-order valence-electron chi connectivity index (χ0n) is 22.2. The Hall–Kier alpha value is -5.49. The molecule has 0 amide bonds. The lowest BCUT2D eigenvalue weighted by Gasteiger charge is -2.27. The smallest absolute Gasteiger partial charge is 0.343 e. The second-order valence-electron chi connectivity index (χ2n) is 9.04. The van der Waals surface area contributed by atoms with Crippen LogP contribution in [-0.2, 0) is 6.61 Å². The highest BCUT2D eigenvalue weighted by molar-refractivity contribution is 5.91. The Morgan fingerprint density at radius 3 is 2.54 bits per heavy atom.